The molecule has 2 atom stereocenters. The lowest BCUT2D eigenvalue weighted by Gasteiger charge is -2.34. The van der Waals surface area contributed by atoms with E-state index in [-0.39, 0.29) is 0 Å². The molecule has 0 fully saturated rings. The molecule has 0 amide bonds. The first-order chi connectivity index (χ1) is 10.8. The summed E-state index contributed by atoms with van der Waals surface area (Å²) in [6.07, 6.45) is 23.4. The van der Waals surface area contributed by atoms with E-state index in [0.717, 1.165) is 11.8 Å². The molecule has 0 aromatic carbocycles. The van der Waals surface area contributed by atoms with Crippen LogP contribution in [0.1, 0.15) is 117 Å². The number of hydrogen-bond donors (Lipinski definition) is 0. The largest absolute Gasteiger partial charge is 0.0707 e. The Morgan fingerprint density at radius 1 is 0.545 bits per heavy atom. The Labute approximate surface area is 140 Å². The van der Waals surface area contributed by atoms with Crippen molar-refractivity contribution in [3.05, 3.63) is 11.1 Å². The van der Waals surface area contributed by atoms with E-state index in [2.05, 4.69) is 13.8 Å². The summed E-state index contributed by atoms with van der Waals surface area (Å²) in [5, 5.41) is 0. The van der Waals surface area contributed by atoms with Crippen LogP contribution in [0.5, 0.6) is 0 Å². The van der Waals surface area contributed by atoms with Gasteiger partial charge in [-0.15, -0.1) is 0 Å². The van der Waals surface area contributed by atoms with Gasteiger partial charge in [0.1, 0.15) is 0 Å². The molecule has 2 rings (SSSR count). The topological polar surface area (TPSA) is 0 Å². The standard InChI is InChI=1S/C22H40/c1-3-19-17-21-15-13-11-9-7-5-6-8-10-12-14-16-22(21)18-20(19)4-2/h19-20H,3-18H2,1-2H3. The maximum atomic E-state index is 2.42. The minimum absolute atomic E-state index is 0.989. The van der Waals surface area contributed by atoms with Gasteiger partial charge in [0.15, 0.2) is 0 Å². The van der Waals surface area contributed by atoms with Gasteiger partial charge in [0, 0.05) is 0 Å². The summed E-state index contributed by atoms with van der Waals surface area (Å²) in [5.41, 5.74) is 3.82. The molecule has 0 aliphatic heterocycles. The minimum Gasteiger partial charge on any atom is -0.0707 e. The zero-order chi connectivity index (χ0) is 15.6. The van der Waals surface area contributed by atoms with Gasteiger partial charge in [0.2, 0.25) is 0 Å². The predicted octanol–water partition coefficient (Wildman–Crippen LogP) is 7.82. The van der Waals surface area contributed by atoms with Crippen LogP contribution < -0.4 is 0 Å². The van der Waals surface area contributed by atoms with Crippen molar-refractivity contribution in [3.8, 4) is 0 Å². The molecular weight excluding hydrogens is 264 g/mol. The summed E-state index contributed by atoms with van der Waals surface area (Å²) < 4.78 is 0. The third-order valence-corrected chi connectivity index (χ3v) is 6.44. The highest BCUT2D eigenvalue weighted by atomic mass is 14.3. The first-order valence-electron chi connectivity index (χ1n) is 10.5. The quantitative estimate of drug-likeness (QED) is 0.456. The first kappa shape index (κ1) is 18.1. The smallest absolute Gasteiger partial charge is 0.0286 e. The molecule has 0 radical (unpaired) electrons. The molecule has 0 bridgehead atoms. The summed E-state index contributed by atoms with van der Waals surface area (Å²) >= 11 is 0. The maximum absolute atomic E-state index is 2.42. The van der Waals surface area contributed by atoms with E-state index in [0.29, 0.717) is 0 Å². The van der Waals surface area contributed by atoms with Gasteiger partial charge in [-0.2, -0.15) is 0 Å². The summed E-state index contributed by atoms with van der Waals surface area (Å²) in [6, 6.07) is 0. The van der Waals surface area contributed by atoms with Gasteiger partial charge in [-0.05, 0) is 50.4 Å². The summed E-state index contributed by atoms with van der Waals surface area (Å²) in [4.78, 5) is 0. The summed E-state index contributed by atoms with van der Waals surface area (Å²) in [5.74, 6) is 1.98. The third-order valence-electron chi connectivity index (χ3n) is 6.44. The molecule has 0 saturated heterocycles. The average Bonchev–Trinajstić information content (AvgIpc) is 2.55. The van der Waals surface area contributed by atoms with E-state index in [1.54, 1.807) is 0 Å². The molecule has 0 nitrogen and oxygen atoms in total. The van der Waals surface area contributed by atoms with Crippen LogP contribution in [0.25, 0.3) is 0 Å². The fourth-order valence-corrected chi connectivity index (χ4v) is 4.86. The van der Waals surface area contributed by atoms with Crippen LogP contribution >= 0.6 is 0 Å². The lowest BCUT2D eigenvalue weighted by Crippen LogP contribution is -2.21. The normalized spacial score (nSPS) is 29.7. The zero-order valence-corrected chi connectivity index (χ0v) is 15.5. The second-order valence-corrected chi connectivity index (χ2v) is 7.99. The van der Waals surface area contributed by atoms with Gasteiger partial charge in [-0.1, -0.05) is 89.2 Å². The van der Waals surface area contributed by atoms with E-state index in [1.165, 1.54) is 103 Å². The van der Waals surface area contributed by atoms with Crippen LogP contribution in [0.3, 0.4) is 0 Å². The number of rotatable bonds is 2. The van der Waals surface area contributed by atoms with Crippen molar-refractivity contribution < 1.29 is 0 Å². The first-order valence-corrected chi connectivity index (χ1v) is 10.5. The van der Waals surface area contributed by atoms with Crippen molar-refractivity contribution in [2.45, 2.75) is 117 Å². The van der Waals surface area contributed by atoms with Crippen LogP contribution in [0, 0.1) is 11.8 Å². The van der Waals surface area contributed by atoms with Crippen LogP contribution in [0.2, 0.25) is 0 Å². The van der Waals surface area contributed by atoms with Crippen LogP contribution in [-0.4, -0.2) is 0 Å². The lowest BCUT2D eigenvalue weighted by molar-refractivity contribution is 0.281. The molecular formula is C22H40. The van der Waals surface area contributed by atoms with Crippen molar-refractivity contribution in [2.24, 2.45) is 11.8 Å². The number of hydrogen-bond acceptors (Lipinski definition) is 0. The van der Waals surface area contributed by atoms with E-state index in [1.807, 2.05) is 11.1 Å². The van der Waals surface area contributed by atoms with Crippen molar-refractivity contribution in [1.29, 1.82) is 0 Å². The lowest BCUT2D eigenvalue weighted by atomic mass is 9.71. The molecule has 22 heavy (non-hydrogen) atoms. The Kier molecular flexibility index (Phi) is 8.63. The fourth-order valence-electron chi connectivity index (χ4n) is 4.86. The molecule has 128 valence electrons. The highest BCUT2D eigenvalue weighted by molar-refractivity contribution is 5.19. The van der Waals surface area contributed by atoms with Crippen molar-refractivity contribution >= 4 is 0 Å². The van der Waals surface area contributed by atoms with Gasteiger partial charge in [0.05, 0.1) is 0 Å². The van der Waals surface area contributed by atoms with Crippen LogP contribution in [0.4, 0.5) is 0 Å². The fraction of sp³-hybridized carbons (Fsp3) is 0.909. The number of allylic oxidation sites excluding steroid dienone is 2. The predicted molar refractivity (Wildman–Crippen MR) is 99.2 cm³/mol. The third kappa shape index (κ3) is 5.74. The Balaban J connectivity index is 1.98. The average molecular weight is 305 g/mol. The van der Waals surface area contributed by atoms with Crippen molar-refractivity contribution in [2.75, 3.05) is 0 Å². The van der Waals surface area contributed by atoms with Crippen molar-refractivity contribution in [3.63, 3.8) is 0 Å². The molecule has 2 aliphatic carbocycles. The Morgan fingerprint density at radius 3 is 1.18 bits per heavy atom. The molecule has 2 unspecified atom stereocenters. The molecule has 0 spiro atoms. The highest BCUT2D eigenvalue weighted by Crippen LogP contribution is 2.41. The van der Waals surface area contributed by atoms with Crippen molar-refractivity contribution in [1.82, 2.24) is 0 Å². The zero-order valence-electron chi connectivity index (χ0n) is 15.5. The van der Waals surface area contributed by atoms with E-state index in [4.69, 9.17) is 0 Å². The van der Waals surface area contributed by atoms with Gasteiger partial charge in [-0.25, -0.2) is 0 Å². The molecule has 0 heterocycles. The van der Waals surface area contributed by atoms with Crippen LogP contribution in [-0.2, 0) is 0 Å². The molecule has 0 saturated carbocycles. The molecule has 0 N–H and O–H groups in total. The second kappa shape index (κ2) is 10.5. The van der Waals surface area contributed by atoms with Gasteiger partial charge in [0.25, 0.3) is 0 Å². The molecule has 0 aromatic rings. The van der Waals surface area contributed by atoms with Gasteiger partial charge in [-0.3, -0.25) is 0 Å². The van der Waals surface area contributed by atoms with E-state index >= 15 is 0 Å². The molecule has 0 aromatic heterocycles. The van der Waals surface area contributed by atoms with Crippen LogP contribution in [0.15, 0.2) is 11.1 Å². The maximum Gasteiger partial charge on any atom is -0.0286 e. The Bertz CT molecular complexity index is 293. The van der Waals surface area contributed by atoms with E-state index in [9.17, 15) is 0 Å². The van der Waals surface area contributed by atoms with Gasteiger partial charge >= 0.3 is 0 Å². The molecule has 0 heteroatoms. The Morgan fingerprint density at radius 2 is 0.864 bits per heavy atom. The molecule has 2 aliphatic rings. The second-order valence-electron chi connectivity index (χ2n) is 7.99. The highest BCUT2D eigenvalue weighted by Gasteiger charge is 2.27. The Hall–Kier alpha value is -0.260. The summed E-state index contributed by atoms with van der Waals surface area (Å²) in [7, 11) is 0. The van der Waals surface area contributed by atoms with Gasteiger partial charge < -0.3 is 0 Å². The monoisotopic (exact) mass is 304 g/mol. The van der Waals surface area contributed by atoms with E-state index < -0.39 is 0 Å². The SMILES string of the molecule is CCC1CC2=C(CCCCCCCCCCCC2)CC1CC. The summed E-state index contributed by atoms with van der Waals surface area (Å²) in [6.45, 7) is 4.84. The minimum atomic E-state index is 0.989.